The minimum Gasteiger partial charge on any atom is -0.343 e. The molecule has 1 N–H and O–H groups in total. The van der Waals surface area contributed by atoms with Gasteiger partial charge in [0.15, 0.2) is 0 Å². The van der Waals surface area contributed by atoms with Crippen molar-refractivity contribution in [1.82, 2.24) is 10.2 Å². The molecule has 2 heterocycles. The Morgan fingerprint density at radius 2 is 1.40 bits per heavy atom. The van der Waals surface area contributed by atoms with Crippen molar-refractivity contribution in [3.05, 3.63) is 0 Å². The van der Waals surface area contributed by atoms with Crippen molar-refractivity contribution in [3.63, 3.8) is 0 Å². The van der Waals surface area contributed by atoms with Gasteiger partial charge in [-0.15, -0.1) is 0 Å². The van der Waals surface area contributed by atoms with Gasteiger partial charge in [-0.05, 0) is 51.6 Å². The number of hydrogen-bond donors (Lipinski definition) is 1. The van der Waals surface area contributed by atoms with Crippen LogP contribution in [0.5, 0.6) is 0 Å². The highest BCUT2D eigenvalue weighted by atomic mass is 16.2. The second-order valence-electron chi connectivity index (χ2n) is 6.40. The smallest absolute Gasteiger partial charge is 0.222 e. The normalized spacial score (nSPS) is 19.1. The van der Waals surface area contributed by atoms with Crippen LogP contribution < -0.4 is 5.32 Å². The van der Waals surface area contributed by atoms with Crippen LogP contribution in [0.1, 0.15) is 87.5 Å². The van der Waals surface area contributed by atoms with E-state index in [1.54, 1.807) is 6.92 Å². The molecule has 0 atom stereocenters. The Hall–Kier alpha value is -0.900. The lowest BCUT2D eigenvalue weighted by atomic mass is 9.77. The van der Waals surface area contributed by atoms with Crippen LogP contribution in [0, 0.1) is 11.3 Å². The Morgan fingerprint density at radius 3 is 1.80 bits per heavy atom. The molecule has 0 radical (unpaired) electrons. The van der Waals surface area contributed by atoms with Gasteiger partial charge in [0, 0.05) is 24.9 Å². The van der Waals surface area contributed by atoms with Gasteiger partial charge < -0.3 is 10.2 Å². The molecule has 0 spiro atoms. The molecule has 2 aliphatic rings. The Morgan fingerprint density at radius 1 is 0.960 bits per heavy atom. The Labute approximate surface area is 157 Å². The zero-order valence-corrected chi connectivity index (χ0v) is 18.2. The predicted molar refractivity (Wildman–Crippen MR) is 109 cm³/mol. The first-order valence-electron chi connectivity index (χ1n) is 10.5. The van der Waals surface area contributed by atoms with Crippen LogP contribution in [0.4, 0.5) is 0 Å². The summed E-state index contributed by atoms with van der Waals surface area (Å²) in [6.07, 6.45) is 4.56. The minimum atomic E-state index is -0.203. The van der Waals surface area contributed by atoms with Crippen LogP contribution in [0.15, 0.2) is 0 Å². The second kappa shape index (κ2) is 15.4. The number of nitrogens with zero attached hydrogens (tertiary/aromatic N) is 1. The molecule has 2 rings (SSSR count). The lowest BCUT2D eigenvalue weighted by Gasteiger charge is -2.38. The quantitative estimate of drug-likeness (QED) is 0.799. The summed E-state index contributed by atoms with van der Waals surface area (Å²) in [7, 11) is 0. The number of Topliss-reactive ketones (excluding diaryl/α,β-unsaturated/α-hetero) is 1. The largest absolute Gasteiger partial charge is 0.343 e. The molecule has 4 nitrogen and oxygen atoms in total. The summed E-state index contributed by atoms with van der Waals surface area (Å²) in [5.41, 5.74) is -0.203. The van der Waals surface area contributed by atoms with Gasteiger partial charge in [-0.25, -0.2) is 0 Å². The fourth-order valence-corrected chi connectivity index (χ4v) is 3.06. The fraction of sp³-hybridized carbons (Fsp3) is 0.905. The molecule has 0 saturated carbocycles. The molecule has 0 unspecified atom stereocenters. The van der Waals surface area contributed by atoms with Gasteiger partial charge >= 0.3 is 0 Å². The van der Waals surface area contributed by atoms with E-state index >= 15 is 0 Å². The Bertz CT molecular complexity index is 342. The minimum absolute atomic E-state index is 0.203. The summed E-state index contributed by atoms with van der Waals surface area (Å²) < 4.78 is 0. The van der Waals surface area contributed by atoms with E-state index in [0.717, 1.165) is 51.9 Å². The van der Waals surface area contributed by atoms with E-state index in [9.17, 15) is 9.59 Å². The van der Waals surface area contributed by atoms with Gasteiger partial charge in [-0.3, -0.25) is 9.59 Å². The number of hydrogen-bond acceptors (Lipinski definition) is 3. The number of nitrogens with one attached hydrogen (secondary N) is 1. The van der Waals surface area contributed by atoms with E-state index in [1.807, 2.05) is 53.4 Å². The highest BCUT2D eigenvalue weighted by Gasteiger charge is 2.35. The third kappa shape index (κ3) is 9.39. The van der Waals surface area contributed by atoms with Crippen LogP contribution in [0.2, 0.25) is 0 Å². The molecule has 25 heavy (non-hydrogen) atoms. The van der Waals surface area contributed by atoms with Crippen LogP contribution in [0.25, 0.3) is 0 Å². The lowest BCUT2D eigenvalue weighted by molar-refractivity contribution is -0.138. The van der Waals surface area contributed by atoms with Crippen LogP contribution in [0.3, 0.4) is 0 Å². The summed E-state index contributed by atoms with van der Waals surface area (Å²) in [6, 6.07) is 0. The fourth-order valence-electron chi connectivity index (χ4n) is 3.06. The molecule has 1 amide bonds. The van der Waals surface area contributed by atoms with Crippen molar-refractivity contribution in [3.8, 4) is 0 Å². The summed E-state index contributed by atoms with van der Waals surface area (Å²) in [5, 5.41) is 3.33. The first-order chi connectivity index (χ1) is 12.0. The average Bonchev–Trinajstić information content (AvgIpc) is 2.68. The molecule has 0 bridgehead atoms. The standard InChI is InChI=1S/C15H26N2O2.3C2H6/c1-12(18)15(2)5-9-17(10-6-15)14(19)11-13-3-7-16-8-4-13;3*1-2/h13,16H,3-11H2,1-2H3;3*1-2H3. The number of ketones is 1. The molecular formula is C21H44N2O2. The van der Waals surface area contributed by atoms with Crippen molar-refractivity contribution >= 4 is 11.7 Å². The van der Waals surface area contributed by atoms with Gasteiger partial charge in [0.2, 0.25) is 5.91 Å². The molecule has 2 aliphatic heterocycles. The van der Waals surface area contributed by atoms with Crippen LogP contribution in [-0.4, -0.2) is 42.8 Å². The zero-order valence-electron chi connectivity index (χ0n) is 18.2. The summed E-state index contributed by atoms with van der Waals surface area (Å²) >= 11 is 0. The number of amides is 1. The Balaban J connectivity index is 0. The van der Waals surface area contributed by atoms with E-state index < -0.39 is 0 Å². The maximum atomic E-state index is 12.3. The van der Waals surface area contributed by atoms with Crippen LogP contribution in [-0.2, 0) is 9.59 Å². The number of carbonyl (C=O) groups excluding carboxylic acids is 2. The van der Waals surface area contributed by atoms with Crippen molar-refractivity contribution < 1.29 is 9.59 Å². The summed E-state index contributed by atoms with van der Waals surface area (Å²) in [5.74, 6) is 1.10. The van der Waals surface area contributed by atoms with E-state index in [4.69, 9.17) is 0 Å². The average molecular weight is 357 g/mol. The molecule has 150 valence electrons. The van der Waals surface area contributed by atoms with Gasteiger partial charge in [0.25, 0.3) is 0 Å². The number of piperidine rings is 2. The topological polar surface area (TPSA) is 49.4 Å². The molecule has 2 saturated heterocycles. The van der Waals surface area contributed by atoms with Crippen molar-refractivity contribution in [1.29, 1.82) is 0 Å². The van der Waals surface area contributed by atoms with Gasteiger partial charge in [-0.1, -0.05) is 48.5 Å². The third-order valence-corrected chi connectivity index (χ3v) is 4.99. The van der Waals surface area contributed by atoms with Gasteiger partial charge in [0.05, 0.1) is 0 Å². The third-order valence-electron chi connectivity index (χ3n) is 4.99. The molecule has 2 fully saturated rings. The van der Waals surface area contributed by atoms with Gasteiger partial charge in [0.1, 0.15) is 5.78 Å². The summed E-state index contributed by atoms with van der Waals surface area (Å²) in [6.45, 7) is 19.3. The number of carbonyl (C=O) groups is 2. The van der Waals surface area contributed by atoms with E-state index in [1.165, 1.54) is 0 Å². The number of likely N-dealkylation sites (tertiary alicyclic amines) is 1. The highest BCUT2D eigenvalue weighted by Crippen LogP contribution is 2.32. The molecule has 0 aromatic heterocycles. The molecule has 0 aliphatic carbocycles. The van der Waals surface area contributed by atoms with Crippen molar-refractivity contribution in [2.24, 2.45) is 11.3 Å². The summed E-state index contributed by atoms with van der Waals surface area (Å²) in [4.78, 5) is 25.8. The van der Waals surface area contributed by atoms with Crippen LogP contribution >= 0.6 is 0 Å². The monoisotopic (exact) mass is 356 g/mol. The van der Waals surface area contributed by atoms with E-state index in [0.29, 0.717) is 12.3 Å². The molecular weight excluding hydrogens is 312 g/mol. The molecule has 0 aromatic carbocycles. The maximum Gasteiger partial charge on any atom is 0.222 e. The first-order valence-corrected chi connectivity index (χ1v) is 10.5. The maximum absolute atomic E-state index is 12.3. The predicted octanol–water partition coefficient (Wildman–Crippen LogP) is 4.67. The van der Waals surface area contributed by atoms with E-state index in [-0.39, 0.29) is 17.1 Å². The molecule has 4 heteroatoms. The number of rotatable bonds is 3. The first kappa shape index (κ1) is 26.3. The lowest BCUT2D eigenvalue weighted by Crippen LogP contribution is -2.45. The SMILES string of the molecule is CC.CC.CC.CC(=O)C1(C)CCN(C(=O)CC2CCNCC2)CC1. The van der Waals surface area contributed by atoms with E-state index in [2.05, 4.69) is 5.32 Å². The Kier molecular flexibility index (Phi) is 16.2. The molecule has 0 aromatic rings. The van der Waals surface area contributed by atoms with Gasteiger partial charge in [-0.2, -0.15) is 0 Å². The van der Waals surface area contributed by atoms with Crippen molar-refractivity contribution in [2.45, 2.75) is 87.5 Å². The zero-order chi connectivity index (χ0) is 19.9. The second-order valence-corrected chi connectivity index (χ2v) is 6.40. The van der Waals surface area contributed by atoms with Crippen molar-refractivity contribution in [2.75, 3.05) is 26.2 Å². The highest BCUT2D eigenvalue weighted by molar-refractivity contribution is 5.82.